The molecule has 1 aromatic rings. The van der Waals surface area contributed by atoms with Crippen molar-refractivity contribution >= 4 is 17.6 Å². The zero-order valence-corrected chi connectivity index (χ0v) is 16.5. The van der Waals surface area contributed by atoms with Gasteiger partial charge in [0.25, 0.3) is 5.91 Å². The summed E-state index contributed by atoms with van der Waals surface area (Å²) in [6.45, 7) is 4.50. The van der Waals surface area contributed by atoms with E-state index in [1.54, 1.807) is 11.9 Å². The Labute approximate surface area is 166 Å². The Balaban J connectivity index is 1.31. The molecule has 0 aromatic heterocycles. The molecule has 8 nitrogen and oxygen atoms in total. The molecule has 0 aliphatic carbocycles. The van der Waals surface area contributed by atoms with Crippen LogP contribution in [0.5, 0.6) is 5.75 Å². The van der Waals surface area contributed by atoms with E-state index in [4.69, 9.17) is 14.2 Å². The van der Waals surface area contributed by atoms with Gasteiger partial charge < -0.3 is 29.7 Å². The predicted octanol–water partition coefficient (Wildman–Crippen LogP) is 1.16. The first kappa shape index (κ1) is 20.4. The highest BCUT2D eigenvalue weighted by atomic mass is 16.5. The molecule has 1 amide bonds. The maximum atomic E-state index is 12.2. The Morgan fingerprint density at radius 3 is 2.89 bits per heavy atom. The highest BCUT2D eigenvalue weighted by molar-refractivity contribution is 5.97. The molecule has 1 atom stereocenters. The van der Waals surface area contributed by atoms with Gasteiger partial charge in [0.05, 0.1) is 18.4 Å². The number of ether oxygens (including phenoxy) is 3. The number of amides is 1. The minimum Gasteiger partial charge on any atom is -0.482 e. The van der Waals surface area contributed by atoms with Crippen LogP contribution in [0, 0.1) is 0 Å². The fourth-order valence-electron chi connectivity index (χ4n) is 3.24. The van der Waals surface area contributed by atoms with Crippen molar-refractivity contribution in [1.82, 2.24) is 10.6 Å². The first-order chi connectivity index (χ1) is 13.8. The Bertz CT molecular complexity index is 661. The summed E-state index contributed by atoms with van der Waals surface area (Å²) < 4.78 is 16.5. The minimum absolute atomic E-state index is 0.00568. The molecule has 0 radical (unpaired) electrons. The van der Waals surface area contributed by atoms with Crippen LogP contribution in [0.3, 0.4) is 0 Å². The summed E-state index contributed by atoms with van der Waals surface area (Å²) in [4.78, 5) is 18.2. The van der Waals surface area contributed by atoms with E-state index in [0.717, 1.165) is 63.0 Å². The van der Waals surface area contributed by atoms with Crippen LogP contribution in [0.4, 0.5) is 5.69 Å². The minimum atomic E-state index is -0.00568. The molecule has 8 heteroatoms. The van der Waals surface area contributed by atoms with Gasteiger partial charge >= 0.3 is 0 Å². The lowest BCUT2D eigenvalue weighted by molar-refractivity contribution is -0.121. The standard InChI is InChI=1S/C20H30N4O4/c1-21-20(23-10-5-12-27-16-8-13-26-14-16)22-9-4-11-24-17-6-2-3-7-18(17)28-15-19(24)25/h2-3,6-7,16H,4-5,8-15H2,1H3,(H2,21,22,23). The Kier molecular flexibility index (Phi) is 7.93. The molecule has 1 aromatic carbocycles. The van der Waals surface area contributed by atoms with E-state index < -0.39 is 0 Å². The van der Waals surface area contributed by atoms with Crippen LogP contribution in [0.2, 0.25) is 0 Å². The molecule has 2 heterocycles. The number of fused-ring (bicyclic) bond motifs is 1. The molecular formula is C20H30N4O4. The number of rotatable bonds is 9. The van der Waals surface area contributed by atoms with Crippen LogP contribution in [-0.2, 0) is 14.3 Å². The number of carbonyl (C=O) groups is 1. The van der Waals surface area contributed by atoms with Crippen LogP contribution in [-0.4, -0.2) is 71.1 Å². The number of anilines is 1. The summed E-state index contributed by atoms with van der Waals surface area (Å²) in [5, 5.41) is 6.57. The molecule has 2 aliphatic rings. The number of aliphatic imine (C=N–C) groups is 1. The lowest BCUT2D eigenvalue weighted by Crippen LogP contribution is -2.42. The van der Waals surface area contributed by atoms with Crippen molar-refractivity contribution in [3.63, 3.8) is 0 Å². The summed E-state index contributed by atoms with van der Waals surface area (Å²) in [5.74, 6) is 1.52. The number of nitrogens with one attached hydrogen (secondary N) is 2. The van der Waals surface area contributed by atoms with Gasteiger partial charge in [-0.2, -0.15) is 0 Å². The molecule has 2 N–H and O–H groups in total. The average Bonchev–Trinajstić information content (AvgIpc) is 3.24. The third-order valence-electron chi connectivity index (χ3n) is 4.74. The summed E-state index contributed by atoms with van der Waals surface area (Å²) in [6, 6.07) is 7.64. The van der Waals surface area contributed by atoms with E-state index in [9.17, 15) is 4.79 Å². The number of para-hydroxylation sites is 2. The third-order valence-corrected chi connectivity index (χ3v) is 4.74. The topological polar surface area (TPSA) is 84.4 Å². The van der Waals surface area contributed by atoms with Gasteiger partial charge in [-0.05, 0) is 31.4 Å². The second-order valence-electron chi connectivity index (χ2n) is 6.79. The quantitative estimate of drug-likeness (QED) is 0.374. The summed E-state index contributed by atoms with van der Waals surface area (Å²) in [7, 11) is 1.75. The fraction of sp³-hybridized carbons (Fsp3) is 0.600. The van der Waals surface area contributed by atoms with Crippen LogP contribution in [0.25, 0.3) is 0 Å². The molecule has 2 aliphatic heterocycles. The average molecular weight is 390 g/mol. The van der Waals surface area contributed by atoms with Crippen LogP contribution >= 0.6 is 0 Å². The van der Waals surface area contributed by atoms with Crippen molar-refractivity contribution in [2.75, 3.05) is 58.0 Å². The van der Waals surface area contributed by atoms with Crippen molar-refractivity contribution in [3.05, 3.63) is 24.3 Å². The second kappa shape index (κ2) is 10.9. The number of hydrogen-bond donors (Lipinski definition) is 2. The maximum absolute atomic E-state index is 12.2. The van der Waals surface area contributed by atoms with Crippen molar-refractivity contribution in [1.29, 1.82) is 0 Å². The van der Waals surface area contributed by atoms with Gasteiger partial charge in [0.1, 0.15) is 5.75 Å². The third kappa shape index (κ3) is 5.84. The first-order valence-electron chi connectivity index (χ1n) is 9.94. The monoisotopic (exact) mass is 390 g/mol. The van der Waals surface area contributed by atoms with Gasteiger partial charge in [-0.25, -0.2) is 0 Å². The lowest BCUT2D eigenvalue weighted by Gasteiger charge is -2.29. The number of hydrogen-bond acceptors (Lipinski definition) is 5. The molecule has 28 heavy (non-hydrogen) atoms. The van der Waals surface area contributed by atoms with E-state index in [-0.39, 0.29) is 18.6 Å². The first-order valence-corrected chi connectivity index (χ1v) is 9.94. The zero-order chi connectivity index (χ0) is 19.6. The Morgan fingerprint density at radius 2 is 2.11 bits per heavy atom. The molecule has 0 bridgehead atoms. The van der Waals surface area contributed by atoms with E-state index in [2.05, 4.69) is 15.6 Å². The van der Waals surface area contributed by atoms with Crippen molar-refractivity contribution in [2.45, 2.75) is 25.4 Å². The smallest absolute Gasteiger partial charge is 0.265 e. The van der Waals surface area contributed by atoms with Gasteiger partial charge in [0.15, 0.2) is 12.6 Å². The van der Waals surface area contributed by atoms with E-state index in [0.29, 0.717) is 13.2 Å². The van der Waals surface area contributed by atoms with Crippen molar-refractivity contribution in [2.24, 2.45) is 4.99 Å². The summed E-state index contributed by atoms with van der Waals surface area (Å²) in [5.41, 5.74) is 0.842. The Hall–Kier alpha value is -2.32. The number of benzene rings is 1. The van der Waals surface area contributed by atoms with Crippen LogP contribution in [0.15, 0.2) is 29.3 Å². The molecule has 1 fully saturated rings. The van der Waals surface area contributed by atoms with Crippen molar-refractivity contribution in [3.8, 4) is 5.75 Å². The van der Waals surface area contributed by atoms with E-state index >= 15 is 0 Å². The van der Waals surface area contributed by atoms with E-state index in [1.807, 2.05) is 24.3 Å². The molecule has 0 spiro atoms. The summed E-state index contributed by atoms with van der Waals surface area (Å²) in [6.07, 6.45) is 2.97. The largest absolute Gasteiger partial charge is 0.482 e. The highest BCUT2D eigenvalue weighted by Crippen LogP contribution is 2.31. The Morgan fingerprint density at radius 1 is 1.29 bits per heavy atom. The van der Waals surface area contributed by atoms with Gasteiger partial charge in [0, 0.05) is 39.9 Å². The van der Waals surface area contributed by atoms with Gasteiger partial charge in [-0.3, -0.25) is 9.79 Å². The van der Waals surface area contributed by atoms with Gasteiger partial charge in [-0.15, -0.1) is 0 Å². The number of carbonyl (C=O) groups excluding carboxylic acids is 1. The predicted molar refractivity (Wildman–Crippen MR) is 108 cm³/mol. The SMILES string of the molecule is CN=C(NCCCOC1CCOC1)NCCCN1C(=O)COc2ccccc21. The highest BCUT2D eigenvalue weighted by Gasteiger charge is 2.24. The fourth-order valence-corrected chi connectivity index (χ4v) is 3.24. The second-order valence-corrected chi connectivity index (χ2v) is 6.79. The van der Waals surface area contributed by atoms with Crippen LogP contribution in [0.1, 0.15) is 19.3 Å². The number of guanidine groups is 1. The van der Waals surface area contributed by atoms with E-state index in [1.165, 1.54) is 0 Å². The normalized spacial score (nSPS) is 19.3. The van der Waals surface area contributed by atoms with Crippen molar-refractivity contribution < 1.29 is 19.0 Å². The lowest BCUT2D eigenvalue weighted by atomic mass is 10.2. The molecule has 1 unspecified atom stereocenters. The molecule has 0 saturated carbocycles. The molecule has 1 saturated heterocycles. The molecule has 154 valence electrons. The molecular weight excluding hydrogens is 360 g/mol. The number of nitrogens with zero attached hydrogens (tertiary/aromatic N) is 2. The zero-order valence-electron chi connectivity index (χ0n) is 16.5. The molecule has 3 rings (SSSR count). The van der Waals surface area contributed by atoms with Crippen LogP contribution < -0.4 is 20.3 Å². The maximum Gasteiger partial charge on any atom is 0.265 e. The summed E-state index contributed by atoms with van der Waals surface area (Å²) >= 11 is 0. The van der Waals surface area contributed by atoms with Gasteiger partial charge in [0.2, 0.25) is 0 Å². The van der Waals surface area contributed by atoms with Gasteiger partial charge in [-0.1, -0.05) is 12.1 Å².